The lowest BCUT2D eigenvalue weighted by molar-refractivity contribution is -0.120. The summed E-state index contributed by atoms with van der Waals surface area (Å²) in [7, 11) is 1.99. The molecule has 0 unspecified atom stereocenters. The van der Waals surface area contributed by atoms with Gasteiger partial charge in [-0.05, 0) is 24.0 Å². The fourth-order valence-corrected chi connectivity index (χ4v) is 3.83. The van der Waals surface area contributed by atoms with Crippen molar-refractivity contribution in [3.05, 3.63) is 29.1 Å². The Labute approximate surface area is 127 Å². The van der Waals surface area contributed by atoms with Gasteiger partial charge in [0.2, 0.25) is 4.80 Å². The second-order valence-corrected chi connectivity index (χ2v) is 7.42. The van der Waals surface area contributed by atoms with E-state index in [9.17, 15) is 4.79 Å². The normalized spacial score (nSPS) is 21.4. The number of rotatable bonds is 1. The Morgan fingerprint density at radius 3 is 2.67 bits per heavy atom. The van der Waals surface area contributed by atoms with E-state index in [0.717, 1.165) is 22.5 Å². The van der Waals surface area contributed by atoms with E-state index in [-0.39, 0.29) is 11.2 Å². The summed E-state index contributed by atoms with van der Waals surface area (Å²) in [4.78, 5) is 12.6. The first-order chi connectivity index (χ1) is 9.94. The molecule has 0 bridgehead atoms. The van der Waals surface area contributed by atoms with Crippen LogP contribution >= 0.6 is 11.3 Å². The molecule has 110 valence electrons. The van der Waals surface area contributed by atoms with Gasteiger partial charge in [0, 0.05) is 25.6 Å². The minimum absolute atomic E-state index is 0.00599. The van der Waals surface area contributed by atoms with Crippen molar-refractivity contribution in [3.8, 4) is 0 Å². The van der Waals surface area contributed by atoms with Crippen molar-refractivity contribution in [3.63, 3.8) is 0 Å². The molecular formula is C16H19N3OS. The highest BCUT2D eigenvalue weighted by atomic mass is 32.1. The van der Waals surface area contributed by atoms with E-state index in [2.05, 4.69) is 36.2 Å². The van der Waals surface area contributed by atoms with Gasteiger partial charge in [-0.3, -0.25) is 4.79 Å². The molecule has 0 saturated heterocycles. The molecule has 0 spiro atoms. The Kier molecular flexibility index (Phi) is 3.53. The molecule has 0 atom stereocenters. The molecule has 0 amide bonds. The Morgan fingerprint density at radius 2 is 1.95 bits per heavy atom. The lowest BCUT2D eigenvalue weighted by atomic mass is 9.76. The van der Waals surface area contributed by atoms with Crippen molar-refractivity contribution in [2.75, 3.05) is 0 Å². The fourth-order valence-electron chi connectivity index (χ4n) is 2.86. The maximum atomic E-state index is 11.8. The summed E-state index contributed by atoms with van der Waals surface area (Å²) in [6, 6.07) is 8.20. The number of ketones is 1. The molecule has 1 aromatic heterocycles. The van der Waals surface area contributed by atoms with E-state index in [4.69, 9.17) is 0 Å². The zero-order valence-electron chi connectivity index (χ0n) is 12.6. The van der Waals surface area contributed by atoms with Gasteiger partial charge in [0.05, 0.1) is 10.2 Å². The molecule has 5 heteroatoms. The zero-order valence-corrected chi connectivity index (χ0v) is 13.4. The fraction of sp³-hybridized carbons (Fsp3) is 0.438. The number of hydrogen-bond acceptors (Lipinski definition) is 4. The summed E-state index contributed by atoms with van der Waals surface area (Å²) in [5.74, 6) is 0.265. The van der Waals surface area contributed by atoms with Gasteiger partial charge in [0.25, 0.3) is 0 Å². The van der Waals surface area contributed by atoms with Crippen LogP contribution in [0.2, 0.25) is 0 Å². The van der Waals surface area contributed by atoms with Crippen LogP contribution in [0.3, 0.4) is 0 Å². The Balaban J connectivity index is 1.99. The van der Waals surface area contributed by atoms with Crippen LogP contribution in [-0.4, -0.2) is 16.1 Å². The van der Waals surface area contributed by atoms with Crippen molar-refractivity contribution in [1.82, 2.24) is 4.57 Å². The first kappa shape index (κ1) is 14.2. The van der Waals surface area contributed by atoms with Crippen LogP contribution in [0.25, 0.3) is 10.2 Å². The summed E-state index contributed by atoms with van der Waals surface area (Å²) in [5.41, 5.74) is 2.06. The van der Waals surface area contributed by atoms with E-state index in [1.54, 1.807) is 11.3 Å². The van der Waals surface area contributed by atoms with Gasteiger partial charge in [-0.2, -0.15) is 5.10 Å². The number of Topliss-reactive ketones (excluding diaryl/α,β-unsaturated/α-hetero) is 1. The van der Waals surface area contributed by atoms with Gasteiger partial charge in [-0.15, -0.1) is 5.10 Å². The molecule has 4 nitrogen and oxygen atoms in total. The van der Waals surface area contributed by atoms with Gasteiger partial charge in [-0.25, -0.2) is 0 Å². The standard InChI is InChI=1S/C16H19N3OS/c1-16(2)9-11(8-12(20)10-16)17-18-15-19(3)13-6-4-5-7-14(13)21-15/h4-7H,8-10H2,1-3H3/b17-11-,18-15+. The minimum atomic E-state index is 0.00599. The first-order valence-corrected chi connectivity index (χ1v) is 7.92. The molecule has 1 heterocycles. The second kappa shape index (κ2) is 5.22. The number of aryl methyl sites for hydroxylation is 1. The summed E-state index contributed by atoms with van der Waals surface area (Å²) in [6.45, 7) is 4.22. The molecule has 0 aliphatic heterocycles. The van der Waals surface area contributed by atoms with E-state index in [1.807, 2.05) is 23.7 Å². The number of fused-ring (bicyclic) bond motifs is 1. The molecule has 0 radical (unpaired) electrons. The topological polar surface area (TPSA) is 46.7 Å². The smallest absolute Gasteiger partial charge is 0.211 e. The van der Waals surface area contributed by atoms with Crippen LogP contribution in [-0.2, 0) is 11.8 Å². The molecule has 1 aliphatic carbocycles. The average Bonchev–Trinajstić information content (AvgIpc) is 2.72. The molecule has 2 aromatic rings. The summed E-state index contributed by atoms with van der Waals surface area (Å²) in [5, 5.41) is 8.75. The zero-order chi connectivity index (χ0) is 15.0. The first-order valence-electron chi connectivity index (χ1n) is 7.10. The van der Waals surface area contributed by atoms with Gasteiger partial charge in [-0.1, -0.05) is 37.3 Å². The van der Waals surface area contributed by atoms with Gasteiger partial charge < -0.3 is 4.57 Å². The molecule has 1 fully saturated rings. The van der Waals surface area contributed by atoms with E-state index < -0.39 is 0 Å². The van der Waals surface area contributed by atoms with E-state index in [1.165, 1.54) is 4.70 Å². The molecule has 0 N–H and O–H groups in total. The Morgan fingerprint density at radius 1 is 1.19 bits per heavy atom. The second-order valence-electron chi connectivity index (χ2n) is 6.41. The third-order valence-electron chi connectivity index (χ3n) is 3.75. The average molecular weight is 301 g/mol. The van der Waals surface area contributed by atoms with Crippen LogP contribution in [0, 0.1) is 5.41 Å². The number of para-hydroxylation sites is 1. The number of carbonyl (C=O) groups is 1. The number of benzene rings is 1. The highest BCUT2D eigenvalue weighted by Crippen LogP contribution is 2.31. The van der Waals surface area contributed by atoms with Crippen molar-refractivity contribution in [1.29, 1.82) is 0 Å². The van der Waals surface area contributed by atoms with Crippen LogP contribution in [0.1, 0.15) is 33.1 Å². The number of nitrogens with zero attached hydrogens (tertiary/aromatic N) is 3. The van der Waals surface area contributed by atoms with E-state index in [0.29, 0.717) is 12.8 Å². The van der Waals surface area contributed by atoms with Crippen LogP contribution in [0.15, 0.2) is 34.5 Å². The summed E-state index contributed by atoms with van der Waals surface area (Å²) in [6.07, 6.45) is 1.93. The van der Waals surface area contributed by atoms with Crippen molar-refractivity contribution in [2.24, 2.45) is 22.7 Å². The lowest BCUT2D eigenvalue weighted by Gasteiger charge is -2.28. The van der Waals surface area contributed by atoms with Crippen molar-refractivity contribution < 1.29 is 4.79 Å². The van der Waals surface area contributed by atoms with Crippen LogP contribution in [0.5, 0.6) is 0 Å². The molecule has 21 heavy (non-hydrogen) atoms. The number of thiazole rings is 1. The van der Waals surface area contributed by atoms with Crippen LogP contribution < -0.4 is 4.80 Å². The molecule has 1 aliphatic rings. The SMILES string of the molecule is Cn1/c(=N\N=C2\CC(=O)CC(C)(C)C2)sc2ccccc21. The number of carbonyl (C=O) groups excluding carboxylic acids is 1. The van der Waals surface area contributed by atoms with E-state index >= 15 is 0 Å². The molecule has 1 saturated carbocycles. The quantitative estimate of drug-likeness (QED) is 0.746. The third-order valence-corrected chi connectivity index (χ3v) is 4.85. The van der Waals surface area contributed by atoms with Crippen molar-refractivity contribution in [2.45, 2.75) is 33.1 Å². The van der Waals surface area contributed by atoms with Crippen molar-refractivity contribution >= 4 is 33.0 Å². The Hall–Kier alpha value is -1.75. The van der Waals surface area contributed by atoms with Gasteiger partial charge >= 0.3 is 0 Å². The Bertz CT molecular complexity index is 795. The molecule has 3 rings (SSSR count). The highest BCUT2D eigenvalue weighted by molar-refractivity contribution is 7.16. The third kappa shape index (κ3) is 2.97. The lowest BCUT2D eigenvalue weighted by Crippen LogP contribution is -2.29. The summed E-state index contributed by atoms with van der Waals surface area (Å²) >= 11 is 1.62. The maximum Gasteiger partial charge on any atom is 0.211 e. The highest BCUT2D eigenvalue weighted by Gasteiger charge is 2.30. The summed E-state index contributed by atoms with van der Waals surface area (Å²) < 4.78 is 3.24. The van der Waals surface area contributed by atoms with Gasteiger partial charge in [0.1, 0.15) is 5.78 Å². The predicted molar refractivity (Wildman–Crippen MR) is 86.4 cm³/mol. The largest absolute Gasteiger partial charge is 0.318 e. The molecule has 1 aromatic carbocycles. The molecular weight excluding hydrogens is 282 g/mol. The maximum absolute atomic E-state index is 11.8. The monoisotopic (exact) mass is 301 g/mol. The minimum Gasteiger partial charge on any atom is -0.318 e. The number of hydrogen-bond donors (Lipinski definition) is 0. The predicted octanol–water partition coefficient (Wildman–Crippen LogP) is 3.28. The van der Waals surface area contributed by atoms with Gasteiger partial charge in [0.15, 0.2) is 0 Å². The number of aromatic nitrogens is 1. The van der Waals surface area contributed by atoms with Crippen LogP contribution in [0.4, 0.5) is 0 Å².